The maximum atomic E-state index is 6.16. The van der Waals surface area contributed by atoms with Crippen molar-refractivity contribution in [3.05, 3.63) is 28.8 Å². The Labute approximate surface area is 95.4 Å². The first-order valence-corrected chi connectivity index (χ1v) is 5.60. The average molecular weight is 226 g/mol. The van der Waals surface area contributed by atoms with Gasteiger partial charge in [0.2, 0.25) is 0 Å². The fourth-order valence-electron chi connectivity index (χ4n) is 1.99. The lowest BCUT2D eigenvalue weighted by Gasteiger charge is -2.14. The molecule has 0 saturated heterocycles. The van der Waals surface area contributed by atoms with Gasteiger partial charge in [-0.3, -0.25) is 0 Å². The molecule has 82 valence electrons. The van der Waals surface area contributed by atoms with E-state index in [1.165, 1.54) is 6.42 Å². The zero-order valence-electron chi connectivity index (χ0n) is 9.03. The third-order valence-corrected chi connectivity index (χ3v) is 3.53. The SMILES string of the molecule is COc1ccc(C(N)C2CC2C)c(Cl)c1. The Morgan fingerprint density at radius 1 is 1.53 bits per heavy atom. The highest BCUT2D eigenvalue weighted by atomic mass is 35.5. The molecule has 0 bridgehead atoms. The first-order valence-electron chi connectivity index (χ1n) is 5.22. The molecule has 3 heteroatoms. The molecule has 15 heavy (non-hydrogen) atoms. The molecule has 1 aromatic rings. The first kappa shape index (κ1) is 10.8. The summed E-state index contributed by atoms with van der Waals surface area (Å²) in [4.78, 5) is 0. The molecule has 0 aromatic heterocycles. The van der Waals surface area contributed by atoms with Crippen LogP contribution in [0, 0.1) is 11.8 Å². The Bertz CT molecular complexity index is 367. The number of hydrogen-bond donors (Lipinski definition) is 1. The lowest BCUT2D eigenvalue weighted by atomic mass is 10.0. The van der Waals surface area contributed by atoms with Crippen molar-refractivity contribution in [2.24, 2.45) is 17.6 Å². The van der Waals surface area contributed by atoms with Crippen LogP contribution >= 0.6 is 11.6 Å². The number of halogens is 1. The molecule has 2 N–H and O–H groups in total. The predicted molar refractivity (Wildman–Crippen MR) is 62.2 cm³/mol. The van der Waals surface area contributed by atoms with Crippen LogP contribution in [0.1, 0.15) is 24.9 Å². The number of rotatable bonds is 3. The van der Waals surface area contributed by atoms with Crippen LogP contribution in [-0.4, -0.2) is 7.11 Å². The third-order valence-electron chi connectivity index (χ3n) is 3.20. The molecule has 2 nitrogen and oxygen atoms in total. The fraction of sp³-hybridized carbons (Fsp3) is 0.500. The minimum Gasteiger partial charge on any atom is -0.497 e. The Hall–Kier alpha value is -0.730. The van der Waals surface area contributed by atoms with E-state index in [0.717, 1.165) is 17.2 Å². The molecule has 1 aliphatic carbocycles. The molecule has 0 radical (unpaired) electrons. The van der Waals surface area contributed by atoms with Crippen molar-refractivity contribution >= 4 is 11.6 Å². The van der Waals surface area contributed by atoms with Gasteiger partial charge in [-0.15, -0.1) is 0 Å². The van der Waals surface area contributed by atoms with E-state index in [1.807, 2.05) is 18.2 Å². The molecule has 0 amide bonds. The van der Waals surface area contributed by atoms with Crippen molar-refractivity contribution in [2.75, 3.05) is 7.11 Å². The van der Waals surface area contributed by atoms with E-state index >= 15 is 0 Å². The van der Waals surface area contributed by atoms with Crippen LogP contribution in [0.3, 0.4) is 0 Å². The van der Waals surface area contributed by atoms with Crippen LogP contribution in [0.4, 0.5) is 0 Å². The molecule has 2 rings (SSSR count). The zero-order valence-corrected chi connectivity index (χ0v) is 9.79. The van der Waals surface area contributed by atoms with E-state index in [9.17, 15) is 0 Å². The van der Waals surface area contributed by atoms with E-state index < -0.39 is 0 Å². The van der Waals surface area contributed by atoms with E-state index in [1.54, 1.807) is 7.11 Å². The molecule has 0 heterocycles. The Morgan fingerprint density at radius 2 is 2.20 bits per heavy atom. The van der Waals surface area contributed by atoms with Gasteiger partial charge < -0.3 is 10.5 Å². The van der Waals surface area contributed by atoms with Gasteiger partial charge in [-0.1, -0.05) is 24.6 Å². The van der Waals surface area contributed by atoms with Crippen molar-refractivity contribution in [1.82, 2.24) is 0 Å². The maximum Gasteiger partial charge on any atom is 0.120 e. The molecule has 3 unspecified atom stereocenters. The van der Waals surface area contributed by atoms with Gasteiger partial charge in [0.15, 0.2) is 0 Å². The summed E-state index contributed by atoms with van der Waals surface area (Å²) in [5, 5.41) is 0.709. The number of ether oxygens (including phenoxy) is 1. The van der Waals surface area contributed by atoms with E-state index in [2.05, 4.69) is 6.92 Å². The molecule has 0 aliphatic heterocycles. The van der Waals surface area contributed by atoms with Gasteiger partial charge in [-0.05, 0) is 36.0 Å². The van der Waals surface area contributed by atoms with Crippen LogP contribution in [0.5, 0.6) is 5.75 Å². The summed E-state index contributed by atoms with van der Waals surface area (Å²) in [5.41, 5.74) is 7.19. The second-order valence-corrected chi connectivity index (χ2v) is 4.70. The van der Waals surface area contributed by atoms with Gasteiger partial charge in [-0.25, -0.2) is 0 Å². The largest absolute Gasteiger partial charge is 0.497 e. The highest BCUT2D eigenvalue weighted by molar-refractivity contribution is 6.31. The zero-order chi connectivity index (χ0) is 11.0. The lowest BCUT2D eigenvalue weighted by Crippen LogP contribution is -2.13. The van der Waals surface area contributed by atoms with E-state index in [0.29, 0.717) is 10.9 Å². The molecule has 3 atom stereocenters. The van der Waals surface area contributed by atoms with Crippen molar-refractivity contribution in [3.63, 3.8) is 0 Å². The molecule has 1 aromatic carbocycles. The number of methoxy groups -OCH3 is 1. The normalized spacial score (nSPS) is 26.1. The maximum absolute atomic E-state index is 6.16. The molecule has 1 saturated carbocycles. The molecular formula is C12H16ClNO. The van der Waals surface area contributed by atoms with E-state index in [-0.39, 0.29) is 6.04 Å². The summed E-state index contributed by atoms with van der Waals surface area (Å²) in [6.07, 6.45) is 1.21. The number of hydrogen-bond acceptors (Lipinski definition) is 2. The van der Waals surface area contributed by atoms with Crippen LogP contribution in [0.25, 0.3) is 0 Å². The Balaban J connectivity index is 2.21. The number of nitrogens with two attached hydrogens (primary N) is 1. The molecular weight excluding hydrogens is 210 g/mol. The fourth-order valence-corrected chi connectivity index (χ4v) is 2.28. The molecule has 0 spiro atoms. The second-order valence-electron chi connectivity index (χ2n) is 4.29. The minimum absolute atomic E-state index is 0.0680. The first-order chi connectivity index (χ1) is 7.13. The minimum atomic E-state index is 0.0680. The second kappa shape index (κ2) is 4.03. The standard InChI is InChI=1S/C12H16ClNO/c1-7-5-10(7)12(14)9-4-3-8(15-2)6-11(9)13/h3-4,6-7,10,12H,5,14H2,1-2H3. The van der Waals surface area contributed by atoms with Crippen LogP contribution in [0.2, 0.25) is 5.02 Å². The van der Waals surface area contributed by atoms with Crippen LogP contribution < -0.4 is 10.5 Å². The monoisotopic (exact) mass is 225 g/mol. The van der Waals surface area contributed by atoms with Crippen molar-refractivity contribution in [2.45, 2.75) is 19.4 Å². The van der Waals surface area contributed by atoms with Crippen molar-refractivity contribution in [1.29, 1.82) is 0 Å². The summed E-state index contributed by atoms with van der Waals surface area (Å²) in [5.74, 6) is 2.11. The molecule has 1 fully saturated rings. The average Bonchev–Trinajstić information content (AvgIpc) is 2.94. The van der Waals surface area contributed by atoms with Gasteiger partial charge >= 0.3 is 0 Å². The number of benzene rings is 1. The highest BCUT2D eigenvalue weighted by Crippen LogP contribution is 2.47. The van der Waals surface area contributed by atoms with E-state index in [4.69, 9.17) is 22.1 Å². The summed E-state index contributed by atoms with van der Waals surface area (Å²) in [6.45, 7) is 2.22. The summed E-state index contributed by atoms with van der Waals surface area (Å²) in [6, 6.07) is 5.77. The van der Waals surface area contributed by atoms with Gasteiger partial charge in [0.25, 0.3) is 0 Å². The smallest absolute Gasteiger partial charge is 0.120 e. The summed E-state index contributed by atoms with van der Waals surface area (Å²) in [7, 11) is 1.63. The lowest BCUT2D eigenvalue weighted by molar-refractivity contribution is 0.414. The van der Waals surface area contributed by atoms with Crippen LogP contribution in [0.15, 0.2) is 18.2 Å². The molecule has 1 aliphatic rings. The summed E-state index contributed by atoms with van der Waals surface area (Å²) < 4.78 is 5.10. The van der Waals surface area contributed by atoms with Crippen molar-refractivity contribution in [3.8, 4) is 5.75 Å². The van der Waals surface area contributed by atoms with Crippen LogP contribution in [-0.2, 0) is 0 Å². The van der Waals surface area contributed by atoms with Gasteiger partial charge in [-0.2, -0.15) is 0 Å². The Morgan fingerprint density at radius 3 is 2.67 bits per heavy atom. The highest BCUT2D eigenvalue weighted by Gasteiger charge is 2.38. The Kier molecular flexibility index (Phi) is 2.89. The quantitative estimate of drug-likeness (QED) is 0.859. The third kappa shape index (κ3) is 2.11. The predicted octanol–water partition coefficient (Wildman–Crippen LogP) is 3.00. The topological polar surface area (TPSA) is 35.2 Å². The summed E-state index contributed by atoms with van der Waals surface area (Å²) >= 11 is 6.16. The van der Waals surface area contributed by atoms with Crippen molar-refractivity contribution < 1.29 is 4.74 Å². The van der Waals surface area contributed by atoms with Gasteiger partial charge in [0.1, 0.15) is 5.75 Å². The van der Waals surface area contributed by atoms with Gasteiger partial charge in [0.05, 0.1) is 7.11 Å². The van der Waals surface area contributed by atoms with Gasteiger partial charge in [0, 0.05) is 11.1 Å².